The normalized spacial score (nSPS) is 11.8. The van der Waals surface area contributed by atoms with Crippen molar-refractivity contribution < 1.29 is 4.39 Å². The van der Waals surface area contributed by atoms with Gasteiger partial charge in [-0.1, -0.05) is 36.7 Å². The number of hydrogen-bond acceptors (Lipinski definition) is 1. The first-order valence-electron chi connectivity index (χ1n) is 5.59. The molecular formula is C13H19BrFN. The Morgan fingerprint density at radius 2 is 2.06 bits per heavy atom. The average molecular weight is 288 g/mol. The van der Waals surface area contributed by atoms with Gasteiger partial charge in [-0.15, -0.1) is 0 Å². The fourth-order valence-electron chi connectivity index (χ4n) is 1.34. The smallest absolute Gasteiger partial charge is 0.127 e. The van der Waals surface area contributed by atoms with Gasteiger partial charge in [-0.05, 0) is 30.0 Å². The maximum atomic E-state index is 13.4. The van der Waals surface area contributed by atoms with Gasteiger partial charge in [-0.25, -0.2) is 4.39 Å². The molecule has 0 aliphatic rings. The summed E-state index contributed by atoms with van der Waals surface area (Å²) in [6.45, 7) is 8.06. The molecule has 0 bridgehead atoms. The van der Waals surface area contributed by atoms with E-state index in [0.717, 1.165) is 17.4 Å². The fraction of sp³-hybridized carbons (Fsp3) is 0.538. The van der Waals surface area contributed by atoms with Crippen LogP contribution < -0.4 is 5.32 Å². The fourth-order valence-corrected chi connectivity index (χ4v) is 1.75. The molecule has 0 aromatic heterocycles. The van der Waals surface area contributed by atoms with Crippen LogP contribution in [0.4, 0.5) is 4.39 Å². The highest BCUT2D eigenvalue weighted by molar-refractivity contribution is 9.10. The number of benzene rings is 1. The summed E-state index contributed by atoms with van der Waals surface area (Å²) in [5.41, 5.74) is 0.976. The summed E-state index contributed by atoms with van der Waals surface area (Å²) in [6.07, 6.45) is 1.11. The molecule has 0 unspecified atom stereocenters. The maximum absolute atomic E-state index is 13.4. The van der Waals surface area contributed by atoms with Gasteiger partial charge in [0.25, 0.3) is 0 Å². The molecule has 3 heteroatoms. The van der Waals surface area contributed by atoms with Gasteiger partial charge in [0.2, 0.25) is 0 Å². The summed E-state index contributed by atoms with van der Waals surface area (Å²) < 4.78 is 14.3. The van der Waals surface area contributed by atoms with E-state index in [-0.39, 0.29) is 11.2 Å². The van der Waals surface area contributed by atoms with Gasteiger partial charge >= 0.3 is 0 Å². The van der Waals surface area contributed by atoms with E-state index in [9.17, 15) is 4.39 Å². The van der Waals surface area contributed by atoms with Gasteiger partial charge in [0, 0.05) is 23.1 Å². The first-order valence-corrected chi connectivity index (χ1v) is 6.38. The van der Waals surface area contributed by atoms with Gasteiger partial charge < -0.3 is 5.32 Å². The van der Waals surface area contributed by atoms with Crippen LogP contribution >= 0.6 is 15.9 Å². The second kappa shape index (κ2) is 5.78. The Bertz CT molecular complexity index is 350. The summed E-state index contributed by atoms with van der Waals surface area (Å²) in [5, 5.41) is 3.30. The largest absolute Gasteiger partial charge is 0.312 e. The SMILES string of the molecule is CCC(C)(C)CNCc1cc(Br)ccc1F. The molecule has 1 aromatic rings. The molecule has 90 valence electrons. The van der Waals surface area contributed by atoms with Gasteiger partial charge in [-0.2, -0.15) is 0 Å². The Hall–Kier alpha value is -0.410. The molecule has 0 heterocycles. The van der Waals surface area contributed by atoms with Gasteiger partial charge in [-0.3, -0.25) is 0 Å². The van der Waals surface area contributed by atoms with Crippen LogP contribution in [-0.4, -0.2) is 6.54 Å². The van der Waals surface area contributed by atoms with Crippen LogP contribution in [0.2, 0.25) is 0 Å². The molecule has 1 nitrogen and oxygen atoms in total. The van der Waals surface area contributed by atoms with Gasteiger partial charge in [0.05, 0.1) is 0 Å². The van der Waals surface area contributed by atoms with Crippen molar-refractivity contribution in [3.63, 3.8) is 0 Å². The van der Waals surface area contributed by atoms with E-state index in [1.165, 1.54) is 6.07 Å². The van der Waals surface area contributed by atoms with Crippen LogP contribution in [0.15, 0.2) is 22.7 Å². The average Bonchev–Trinajstić information content (AvgIpc) is 2.23. The molecule has 0 aliphatic heterocycles. The van der Waals surface area contributed by atoms with E-state index in [1.54, 1.807) is 6.07 Å². The molecule has 0 saturated carbocycles. The molecule has 0 radical (unpaired) electrons. The van der Waals surface area contributed by atoms with Crippen molar-refractivity contribution in [2.45, 2.75) is 33.7 Å². The van der Waals surface area contributed by atoms with E-state index in [1.807, 2.05) is 6.07 Å². The maximum Gasteiger partial charge on any atom is 0.127 e. The molecule has 0 atom stereocenters. The molecule has 1 aromatic carbocycles. The van der Waals surface area contributed by atoms with Crippen molar-refractivity contribution in [3.8, 4) is 0 Å². The molecule has 1 rings (SSSR count). The first-order chi connectivity index (χ1) is 7.44. The summed E-state index contributed by atoms with van der Waals surface area (Å²) in [4.78, 5) is 0. The predicted octanol–water partition coefficient (Wildman–Crippen LogP) is 4.11. The van der Waals surface area contributed by atoms with Gasteiger partial charge in [0.15, 0.2) is 0 Å². The van der Waals surface area contributed by atoms with Crippen LogP contribution in [0.1, 0.15) is 32.8 Å². The van der Waals surface area contributed by atoms with Crippen LogP contribution in [0.3, 0.4) is 0 Å². The third kappa shape index (κ3) is 4.22. The zero-order valence-electron chi connectivity index (χ0n) is 10.1. The summed E-state index contributed by atoms with van der Waals surface area (Å²) in [6, 6.07) is 5.03. The minimum absolute atomic E-state index is 0.148. The lowest BCUT2D eigenvalue weighted by molar-refractivity contribution is 0.326. The van der Waals surface area contributed by atoms with E-state index < -0.39 is 0 Å². The van der Waals surface area contributed by atoms with E-state index >= 15 is 0 Å². The molecule has 0 spiro atoms. The Balaban J connectivity index is 2.52. The van der Waals surface area contributed by atoms with Crippen molar-refractivity contribution in [1.82, 2.24) is 5.32 Å². The Labute approximate surface area is 106 Å². The summed E-state index contributed by atoms with van der Waals surface area (Å²) in [7, 11) is 0. The Morgan fingerprint density at radius 3 is 2.69 bits per heavy atom. The lowest BCUT2D eigenvalue weighted by Gasteiger charge is -2.23. The minimum Gasteiger partial charge on any atom is -0.312 e. The highest BCUT2D eigenvalue weighted by atomic mass is 79.9. The molecular weight excluding hydrogens is 269 g/mol. The predicted molar refractivity (Wildman–Crippen MR) is 69.9 cm³/mol. The summed E-state index contributed by atoms with van der Waals surface area (Å²) >= 11 is 3.35. The lowest BCUT2D eigenvalue weighted by atomic mass is 9.90. The molecule has 0 saturated heterocycles. The third-order valence-corrected chi connectivity index (χ3v) is 3.38. The molecule has 16 heavy (non-hydrogen) atoms. The van der Waals surface area contributed by atoms with Crippen molar-refractivity contribution in [1.29, 1.82) is 0 Å². The van der Waals surface area contributed by atoms with Crippen molar-refractivity contribution in [2.24, 2.45) is 5.41 Å². The monoisotopic (exact) mass is 287 g/mol. The van der Waals surface area contributed by atoms with Crippen LogP contribution in [0, 0.1) is 11.2 Å². The summed E-state index contributed by atoms with van der Waals surface area (Å²) in [5.74, 6) is -0.148. The highest BCUT2D eigenvalue weighted by Crippen LogP contribution is 2.19. The van der Waals surface area contributed by atoms with Crippen LogP contribution in [0.25, 0.3) is 0 Å². The highest BCUT2D eigenvalue weighted by Gasteiger charge is 2.14. The Kier molecular flexibility index (Phi) is 4.93. The quantitative estimate of drug-likeness (QED) is 0.859. The van der Waals surface area contributed by atoms with Gasteiger partial charge in [0.1, 0.15) is 5.82 Å². The Morgan fingerprint density at radius 1 is 1.38 bits per heavy atom. The van der Waals surface area contributed by atoms with Crippen molar-refractivity contribution in [2.75, 3.05) is 6.54 Å². The van der Waals surface area contributed by atoms with E-state index in [2.05, 4.69) is 42.0 Å². The molecule has 0 aliphatic carbocycles. The molecule has 0 fully saturated rings. The van der Waals surface area contributed by atoms with Crippen molar-refractivity contribution >= 4 is 15.9 Å². The number of nitrogens with one attached hydrogen (secondary N) is 1. The second-order valence-electron chi connectivity index (χ2n) is 4.86. The number of hydrogen-bond donors (Lipinski definition) is 1. The lowest BCUT2D eigenvalue weighted by Crippen LogP contribution is -2.28. The minimum atomic E-state index is -0.148. The molecule has 0 amide bonds. The molecule has 1 N–H and O–H groups in total. The van der Waals surface area contributed by atoms with Crippen molar-refractivity contribution in [3.05, 3.63) is 34.1 Å². The van der Waals surface area contributed by atoms with E-state index in [4.69, 9.17) is 0 Å². The topological polar surface area (TPSA) is 12.0 Å². The first kappa shape index (κ1) is 13.7. The number of rotatable bonds is 5. The second-order valence-corrected chi connectivity index (χ2v) is 5.77. The van der Waals surface area contributed by atoms with E-state index in [0.29, 0.717) is 12.1 Å². The zero-order chi connectivity index (χ0) is 12.2. The van der Waals surface area contributed by atoms with Crippen LogP contribution in [-0.2, 0) is 6.54 Å². The third-order valence-electron chi connectivity index (χ3n) is 2.88. The standard InChI is InChI=1S/C13H19BrFN/c1-4-13(2,3)9-16-8-10-7-11(14)5-6-12(10)15/h5-7,16H,4,8-9H2,1-3H3. The number of halogens is 2. The zero-order valence-corrected chi connectivity index (χ0v) is 11.7. The van der Waals surface area contributed by atoms with Crippen LogP contribution in [0.5, 0.6) is 0 Å².